The zero-order valence-electron chi connectivity index (χ0n) is 13.0. The molecule has 0 saturated carbocycles. The summed E-state index contributed by atoms with van der Waals surface area (Å²) in [5, 5.41) is 2.91. The van der Waals surface area contributed by atoms with E-state index in [9.17, 15) is 4.79 Å². The van der Waals surface area contributed by atoms with Crippen LogP contribution in [-0.2, 0) is 10.2 Å². The summed E-state index contributed by atoms with van der Waals surface area (Å²) in [6, 6.07) is 13.3. The minimum Gasteiger partial charge on any atom is -0.496 e. The van der Waals surface area contributed by atoms with E-state index in [2.05, 4.69) is 5.32 Å². The maximum absolute atomic E-state index is 12.0. The Morgan fingerprint density at radius 3 is 2.64 bits per heavy atom. The molecule has 0 radical (unpaired) electrons. The molecule has 2 aromatic carbocycles. The highest BCUT2D eigenvalue weighted by Gasteiger charge is 2.38. The van der Waals surface area contributed by atoms with Crippen LogP contribution in [0, 0.1) is 0 Å². The zero-order valence-corrected chi connectivity index (χ0v) is 13.0. The number of fused-ring (bicyclic) bond motifs is 1. The number of methoxy groups -OCH3 is 1. The standard InChI is InChI=1S/C18H20N2O2/c1-18(2)13-10-11(8-9-14(13)20-17(18)21)16(19)12-6-4-5-7-15(12)22-3/h4-10,16H,19H2,1-3H3,(H,20,21). The van der Waals surface area contributed by atoms with E-state index >= 15 is 0 Å². The van der Waals surface area contributed by atoms with Gasteiger partial charge in [0.25, 0.3) is 0 Å². The molecular weight excluding hydrogens is 276 g/mol. The van der Waals surface area contributed by atoms with Gasteiger partial charge in [0.15, 0.2) is 0 Å². The lowest BCUT2D eigenvalue weighted by Crippen LogP contribution is -2.27. The Bertz CT molecular complexity index is 738. The predicted octanol–water partition coefficient (Wildman–Crippen LogP) is 2.97. The van der Waals surface area contributed by atoms with Gasteiger partial charge in [-0.3, -0.25) is 4.79 Å². The van der Waals surface area contributed by atoms with Gasteiger partial charge in [-0.15, -0.1) is 0 Å². The molecule has 1 heterocycles. The van der Waals surface area contributed by atoms with Crippen LogP contribution in [0.2, 0.25) is 0 Å². The molecule has 1 aliphatic rings. The van der Waals surface area contributed by atoms with Crippen molar-refractivity contribution < 1.29 is 9.53 Å². The first kappa shape index (κ1) is 14.6. The van der Waals surface area contributed by atoms with Crippen LogP contribution in [-0.4, -0.2) is 13.0 Å². The highest BCUT2D eigenvalue weighted by atomic mass is 16.5. The molecular formula is C18H20N2O2. The molecule has 0 spiro atoms. The smallest absolute Gasteiger partial charge is 0.234 e. The lowest BCUT2D eigenvalue weighted by molar-refractivity contribution is -0.119. The van der Waals surface area contributed by atoms with Gasteiger partial charge >= 0.3 is 0 Å². The second-order valence-electron chi connectivity index (χ2n) is 6.10. The summed E-state index contributed by atoms with van der Waals surface area (Å²) in [5.41, 5.74) is 9.64. The molecule has 1 amide bonds. The number of nitrogens with one attached hydrogen (secondary N) is 1. The van der Waals surface area contributed by atoms with Crippen molar-refractivity contribution in [2.75, 3.05) is 12.4 Å². The van der Waals surface area contributed by atoms with Crippen LogP contribution in [0.25, 0.3) is 0 Å². The Morgan fingerprint density at radius 2 is 1.91 bits per heavy atom. The van der Waals surface area contributed by atoms with Gasteiger partial charge in [-0.05, 0) is 37.1 Å². The summed E-state index contributed by atoms with van der Waals surface area (Å²) in [5.74, 6) is 0.787. The molecule has 1 aliphatic heterocycles. The number of benzene rings is 2. The number of hydrogen-bond donors (Lipinski definition) is 2. The zero-order chi connectivity index (χ0) is 15.9. The minimum atomic E-state index is -0.536. The Hall–Kier alpha value is -2.33. The van der Waals surface area contributed by atoms with E-state index in [1.165, 1.54) is 0 Å². The average Bonchev–Trinajstić information content (AvgIpc) is 2.76. The van der Waals surface area contributed by atoms with E-state index in [1.54, 1.807) is 7.11 Å². The van der Waals surface area contributed by atoms with Crippen molar-refractivity contribution in [2.45, 2.75) is 25.3 Å². The largest absolute Gasteiger partial charge is 0.496 e. The highest BCUT2D eigenvalue weighted by molar-refractivity contribution is 6.05. The van der Waals surface area contributed by atoms with Gasteiger partial charge < -0.3 is 15.8 Å². The Balaban J connectivity index is 2.04. The first-order valence-electron chi connectivity index (χ1n) is 7.29. The van der Waals surface area contributed by atoms with E-state index in [0.29, 0.717) is 0 Å². The number of amides is 1. The quantitative estimate of drug-likeness (QED) is 0.915. The van der Waals surface area contributed by atoms with Crippen LogP contribution in [0.5, 0.6) is 5.75 Å². The lowest BCUT2D eigenvalue weighted by atomic mass is 9.84. The van der Waals surface area contributed by atoms with Crippen LogP contribution in [0.3, 0.4) is 0 Å². The molecule has 0 aliphatic carbocycles. The number of anilines is 1. The summed E-state index contributed by atoms with van der Waals surface area (Å²) in [6.45, 7) is 3.85. The second kappa shape index (κ2) is 5.14. The maximum Gasteiger partial charge on any atom is 0.234 e. The maximum atomic E-state index is 12.0. The highest BCUT2D eigenvalue weighted by Crippen LogP contribution is 2.39. The van der Waals surface area contributed by atoms with Crippen LogP contribution in [0.4, 0.5) is 5.69 Å². The Kier molecular flexibility index (Phi) is 3.41. The van der Waals surface area contributed by atoms with Gasteiger partial charge in [-0.2, -0.15) is 0 Å². The summed E-state index contributed by atoms with van der Waals surface area (Å²) in [6.07, 6.45) is 0. The fourth-order valence-corrected chi connectivity index (χ4v) is 2.89. The number of ether oxygens (including phenoxy) is 1. The number of hydrogen-bond acceptors (Lipinski definition) is 3. The fraction of sp³-hybridized carbons (Fsp3) is 0.278. The molecule has 0 bridgehead atoms. The van der Waals surface area contributed by atoms with Gasteiger partial charge in [0.2, 0.25) is 5.91 Å². The summed E-state index contributed by atoms with van der Waals surface area (Å²) >= 11 is 0. The van der Waals surface area contributed by atoms with Crippen molar-refractivity contribution in [2.24, 2.45) is 5.73 Å². The van der Waals surface area contributed by atoms with E-state index in [0.717, 1.165) is 28.1 Å². The van der Waals surface area contributed by atoms with Crippen molar-refractivity contribution >= 4 is 11.6 Å². The van der Waals surface area contributed by atoms with E-state index < -0.39 is 5.41 Å². The number of nitrogens with two attached hydrogens (primary N) is 1. The predicted molar refractivity (Wildman–Crippen MR) is 87.1 cm³/mol. The van der Waals surface area contributed by atoms with Crippen LogP contribution in [0.1, 0.15) is 36.6 Å². The van der Waals surface area contributed by atoms with Gasteiger partial charge in [-0.1, -0.05) is 30.3 Å². The van der Waals surface area contributed by atoms with Crippen molar-refractivity contribution in [3.8, 4) is 5.75 Å². The topological polar surface area (TPSA) is 64.3 Å². The minimum absolute atomic E-state index is 0.0190. The number of rotatable bonds is 3. The van der Waals surface area contributed by atoms with Crippen molar-refractivity contribution in [1.82, 2.24) is 0 Å². The molecule has 1 unspecified atom stereocenters. The first-order chi connectivity index (χ1) is 10.4. The van der Waals surface area contributed by atoms with E-state index in [1.807, 2.05) is 56.3 Å². The van der Waals surface area contributed by atoms with Crippen molar-refractivity contribution in [3.05, 3.63) is 59.2 Å². The van der Waals surface area contributed by atoms with Crippen molar-refractivity contribution in [1.29, 1.82) is 0 Å². The molecule has 0 aromatic heterocycles. The molecule has 22 heavy (non-hydrogen) atoms. The summed E-state index contributed by atoms with van der Waals surface area (Å²) < 4.78 is 5.39. The van der Waals surface area contributed by atoms with Gasteiger partial charge in [-0.25, -0.2) is 0 Å². The Labute approximate surface area is 130 Å². The summed E-state index contributed by atoms with van der Waals surface area (Å²) in [7, 11) is 1.64. The molecule has 4 heteroatoms. The molecule has 1 atom stereocenters. The third kappa shape index (κ3) is 2.16. The number of carbonyl (C=O) groups excluding carboxylic acids is 1. The molecule has 4 nitrogen and oxygen atoms in total. The molecule has 2 aromatic rings. The fourth-order valence-electron chi connectivity index (χ4n) is 2.89. The third-order valence-corrected chi connectivity index (χ3v) is 4.37. The van der Waals surface area contributed by atoms with E-state index in [4.69, 9.17) is 10.5 Å². The molecule has 3 N–H and O–H groups in total. The molecule has 114 valence electrons. The average molecular weight is 296 g/mol. The Morgan fingerprint density at radius 1 is 1.18 bits per heavy atom. The number of carbonyl (C=O) groups is 1. The SMILES string of the molecule is COc1ccccc1C(N)c1ccc2c(c1)C(C)(C)C(=O)N2. The van der Waals surface area contributed by atoms with Gasteiger partial charge in [0.1, 0.15) is 5.75 Å². The van der Waals surface area contributed by atoms with Gasteiger partial charge in [0, 0.05) is 11.3 Å². The normalized spacial score (nSPS) is 16.8. The first-order valence-corrected chi connectivity index (χ1v) is 7.29. The molecule has 0 saturated heterocycles. The monoisotopic (exact) mass is 296 g/mol. The summed E-state index contributed by atoms with van der Waals surface area (Å²) in [4.78, 5) is 12.0. The molecule has 0 fully saturated rings. The van der Waals surface area contributed by atoms with E-state index in [-0.39, 0.29) is 11.9 Å². The lowest BCUT2D eigenvalue weighted by Gasteiger charge is -2.19. The van der Waals surface area contributed by atoms with Crippen molar-refractivity contribution in [3.63, 3.8) is 0 Å². The van der Waals surface area contributed by atoms with Crippen LogP contribution < -0.4 is 15.8 Å². The second-order valence-corrected chi connectivity index (χ2v) is 6.10. The van der Waals surface area contributed by atoms with Gasteiger partial charge in [0.05, 0.1) is 18.6 Å². The molecule has 3 rings (SSSR count). The third-order valence-electron chi connectivity index (χ3n) is 4.37. The van der Waals surface area contributed by atoms with Crippen LogP contribution in [0.15, 0.2) is 42.5 Å². The number of para-hydroxylation sites is 1. The van der Waals surface area contributed by atoms with Crippen LogP contribution >= 0.6 is 0 Å².